The standard InChI is InChI=1S/C12H10F3N3O2S/c13-12(14,15)9-3-1-2-4-10(9)21(19,20)18-8-5-6-11(16)17-7-8/h1-7,18H,(H2,16,17). The Balaban J connectivity index is 2.43. The van der Waals surface area contributed by atoms with Crippen molar-refractivity contribution in [1.82, 2.24) is 4.98 Å². The Morgan fingerprint density at radius 3 is 2.33 bits per heavy atom. The molecule has 2 rings (SSSR count). The van der Waals surface area contributed by atoms with E-state index in [9.17, 15) is 21.6 Å². The van der Waals surface area contributed by atoms with Crippen LogP contribution >= 0.6 is 0 Å². The highest BCUT2D eigenvalue weighted by molar-refractivity contribution is 7.92. The average molecular weight is 317 g/mol. The summed E-state index contributed by atoms with van der Waals surface area (Å²) in [7, 11) is -4.39. The van der Waals surface area contributed by atoms with Gasteiger partial charge in [0.2, 0.25) is 0 Å². The van der Waals surface area contributed by atoms with Gasteiger partial charge in [-0.25, -0.2) is 13.4 Å². The van der Waals surface area contributed by atoms with Crippen LogP contribution in [-0.2, 0) is 16.2 Å². The number of sulfonamides is 1. The molecule has 0 aliphatic carbocycles. The molecular formula is C12H10F3N3O2S. The number of nitrogens with one attached hydrogen (secondary N) is 1. The zero-order valence-corrected chi connectivity index (χ0v) is 11.2. The Morgan fingerprint density at radius 2 is 1.76 bits per heavy atom. The highest BCUT2D eigenvalue weighted by Gasteiger charge is 2.36. The van der Waals surface area contributed by atoms with Gasteiger partial charge in [0.25, 0.3) is 10.0 Å². The Kier molecular flexibility index (Phi) is 3.77. The van der Waals surface area contributed by atoms with Crippen LogP contribution < -0.4 is 10.5 Å². The summed E-state index contributed by atoms with van der Waals surface area (Å²) in [6.45, 7) is 0. The van der Waals surface area contributed by atoms with Gasteiger partial charge in [0.05, 0.1) is 22.3 Å². The van der Waals surface area contributed by atoms with E-state index in [0.717, 1.165) is 18.3 Å². The Hall–Kier alpha value is -2.29. The van der Waals surface area contributed by atoms with E-state index in [2.05, 4.69) is 4.98 Å². The van der Waals surface area contributed by atoms with Crippen LogP contribution in [-0.4, -0.2) is 13.4 Å². The number of anilines is 2. The average Bonchev–Trinajstić information content (AvgIpc) is 2.40. The molecule has 1 aromatic heterocycles. The number of nitrogen functional groups attached to an aromatic ring is 1. The fourth-order valence-corrected chi connectivity index (χ4v) is 2.88. The molecule has 0 radical (unpaired) electrons. The lowest BCUT2D eigenvalue weighted by Crippen LogP contribution is -2.19. The summed E-state index contributed by atoms with van der Waals surface area (Å²) in [5.41, 5.74) is 4.13. The van der Waals surface area contributed by atoms with Gasteiger partial charge in [-0.05, 0) is 24.3 Å². The van der Waals surface area contributed by atoms with Crippen LogP contribution in [0, 0.1) is 0 Å². The first-order valence-corrected chi connectivity index (χ1v) is 7.09. The van der Waals surface area contributed by atoms with Gasteiger partial charge in [-0.2, -0.15) is 13.2 Å². The maximum absolute atomic E-state index is 12.8. The first-order chi connectivity index (χ1) is 9.70. The fourth-order valence-electron chi connectivity index (χ4n) is 1.61. The summed E-state index contributed by atoms with van der Waals surface area (Å²) < 4.78 is 64.7. The second-order valence-electron chi connectivity index (χ2n) is 4.07. The van der Waals surface area contributed by atoms with E-state index in [1.807, 2.05) is 4.72 Å². The Labute approximate surface area is 118 Å². The minimum atomic E-state index is -4.77. The molecule has 0 amide bonds. The van der Waals surface area contributed by atoms with Crippen molar-refractivity contribution in [3.63, 3.8) is 0 Å². The van der Waals surface area contributed by atoms with E-state index < -0.39 is 26.7 Å². The molecule has 0 aliphatic rings. The van der Waals surface area contributed by atoms with Crippen LogP contribution in [0.25, 0.3) is 0 Å². The summed E-state index contributed by atoms with van der Waals surface area (Å²) in [5.74, 6) is 0.161. The van der Waals surface area contributed by atoms with Gasteiger partial charge in [-0.15, -0.1) is 0 Å². The summed E-state index contributed by atoms with van der Waals surface area (Å²) in [6.07, 6.45) is -3.66. The Bertz CT molecular complexity index is 743. The van der Waals surface area contributed by atoms with E-state index >= 15 is 0 Å². The lowest BCUT2D eigenvalue weighted by atomic mass is 10.2. The summed E-state index contributed by atoms with van der Waals surface area (Å²) in [4.78, 5) is 2.80. The minimum absolute atomic E-state index is 0.0150. The normalized spacial score (nSPS) is 12.1. The van der Waals surface area contributed by atoms with Crippen LogP contribution in [0.15, 0.2) is 47.5 Å². The molecule has 0 spiro atoms. The molecule has 1 aromatic carbocycles. The molecule has 0 saturated heterocycles. The number of nitrogens with two attached hydrogens (primary N) is 1. The molecule has 3 N–H and O–H groups in total. The van der Waals surface area contributed by atoms with Crippen LogP contribution in [0.1, 0.15) is 5.56 Å². The van der Waals surface area contributed by atoms with Gasteiger partial charge >= 0.3 is 6.18 Å². The highest BCUT2D eigenvalue weighted by atomic mass is 32.2. The molecule has 0 bridgehead atoms. The lowest BCUT2D eigenvalue weighted by molar-refractivity contribution is -0.139. The molecule has 0 saturated carbocycles. The second-order valence-corrected chi connectivity index (χ2v) is 5.72. The van der Waals surface area contributed by atoms with Crippen molar-refractivity contribution in [2.45, 2.75) is 11.1 Å². The third-order valence-electron chi connectivity index (χ3n) is 2.52. The van der Waals surface area contributed by atoms with E-state index in [0.29, 0.717) is 6.07 Å². The van der Waals surface area contributed by atoms with Gasteiger partial charge in [0.15, 0.2) is 0 Å². The third kappa shape index (κ3) is 3.43. The summed E-state index contributed by atoms with van der Waals surface area (Å²) >= 11 is 0. The number of hydrogen-bond acceptors (Lipinski definition) is 4. The third-order valence-corrected chi connectivity index (χ3v) is 3.96. The molecule has 2 aromatic rings. The van der Waals surface area contributed by atoms with Crippen LogP contribution in [0.4, 0.5) is 24.7 Å². The molecule has 9 heteroatoms. The number of pyridine rings is 1. The zero-order chi connectivity index (χ0) is 15.7. The van der Waals surface area contributed by atoms with Crippen molar-refractivity contribution in [2.75, 3.05) is 10.5 Å². The molecule has 0 aliphatic heterocycles. The van der Waals surface area contributed by atoms with Gasteiger partial charge in [0.1, 0.15) is 5.82 Å². The van der Waals surface area contributed by atoms with E-state index in [4.69, 9.17) is 5.73 Å². The second kappa shape index (κ2) is 5.24. The zero-order valence-electron chi connectivity index (χ0n) is 10.4. The minimum Gasteiger partial charge on any atom is -0.384 e. The van der Waals surface area contributed by atoms with Crippen molar-refractivity contribution in [3.8, 4) is 0 Å². The number of nitrogens with zero attached hydrogens (tertiary/aromatic N) is 1. The SMILES string of the molecule is Nc1ccc(NS(=O)(=O)c2ccccc2C(F)(F)F)cn1. The van der Waals surface area contributed by atoms with Crippen LogP contribution in [0.2, 0.25) is 0 Å². The van der Waals surface area contributed by atoms with Gasteiger partial charge in [0, 0.05) is 0 Å². The maximum Gasteiger partial charge on any atom is 0.417 e. The van der Waals surface area contributed by atoms with Crippen molar-refractivity contribution >= 4 is 21.5 Å². The van der Waals surface area contributed by atoms with Crippen LogP contribution in [0.5, 0.6) is 0 Å². The van der Waals surface area contributed by atoms with Crippen molar-refractivity contribution in [3.05, 3.63) is 48.2 Å². The van der Waals surface area contributed by atoms with Crippen molar-refractivity contribution in [2.24, 2.45) is 0 Å². The van der Waals surface area contributed by atoms with Gasteiger partial charge in [-0.1, -0.05) is 12.1 Å². The first-order valence-electron chi connectivity index (χ1n) is 5.61. The number of alkyl halides is 3. The maximum atomic E-state index is 12.8. The number of rotatable bonds is 3. The van der Waals surface area contributed by atoms with E-state index in [1.165, 1.54) is 18.2 Å². The number of benzene rings is 1. The summed E-state index contributed by atoms with van der Waals surface area (Å²) in [6, 6.07) is 6.55. The van der Waals surface area contributed by atoms with Gasteiger partial charge in [-0.3, -0.25) is 4.72 Å². The number of aromatic nitrogens is 1. The predicted octanol–water partition coefficient (Wildman–Crippen LogP) is 2.48. The summed E-state index contributed by atoms with van der Waals surface area (Å²) in [5, 5.41) is 0. The molecule has 1 heterocycles. The van der Waals surface area contributed by atoms with Crippen molar-refractivity contribution in [1.29, 1.82) is 0 Å². The monoisotopic (exact) mass is 317 g/mol. The van der Waals surface area contributed by atoms with E-state index in [-0.39, 0.29) is 11.5 Å². The van der Waals surface area contributed by atoms with Crippen molar-refractivity contribution < 1.29 is 21.6 Å². The Morgan fingerprint density at radius 1 is 1.10 bits per heavy atom. The predicted molar refractivity (Wildman–Crippen MR) is 70.9 cm³/mol. The van der Waals surface area contributed by atoms with Crippen LogP contribution in [0.3, 0.4) is 0 Å². The molecule has 5 nitrogen and oxygen atoms in total. The highest BCUT2D eigenvalue weighted by Crippen LogP contribution is 2.34. The first kappa shape index (κ1) is 15.1. The lowest BCUT2D eigenvalue weighted by Gasteiger charge is -2.14. The molecule has 0 atom stereocenters. The molecule has 0 unspecified atom stereocenters. The number of halogens is 3. The smallest absolute Gasteiger partial charge is 0.384 e. The quantitative estimate of drug-likeness (QED) is 0.911. The molecule has 21 heavy (non-hydrogen) atoms. The van der Waals surface area contributed by atoms with Gasteiger partial charge < -0.3 is 5.73 Å². The molecule has 112 valence electrons. The largest absolute Gasteiger partial charge is 0.417 e. The topological polar surface area (TPSA) is 85.1 Å². The van der Waals surface area contributed by atoms with E-state index in [1.54, 1.807) is 0 Å². The molecule has 0 fully saturated rings. The number of hydrogen-bond donors (Lipinski definition) is 2. The molecular weight excluding hydrogens is 307 g/mol. The fraction of sp³-hybridized carbons (Fsp3) is 0.0833.